The Bertz CT molecular complexity index is 379. The lowest BCUT2D eigenvalue weighted by atomic mass is 9.90. The van der Waals surface area contributed by atoms with Gasteiger partial charge < -0.3 is 5.32 Å². The van der Waals surface area contributed by atoms with Crippen molar-refractivity contribution in [1.29, 1.82) is 0 Å². The first-order chi connectivity index (χ1) is 8.41. The van der Waals surface area contributed by atoms with Crippen LogP contribution in [0.1, 0.15) is 55.4 Å². The van der Waals surface area contributed by atoms with Gasteiger partial charge >= 0.3 is 0 Å². The summed E-state index contributed by atoms with van der Waals surface area (Å²) in [5.41, 5.74) is 5.78. The van der Waals surface area contributed by atoms with Gasteiger partial charge in [-0.15, -0.1) is 0 Å². The van der Waals surface area contributed by atoms with Crippen LogP contribution in [0.15, 0.2) is 12.1 Å². The van der Waals surface area contributed by atoms with Gasteiger partial charge in [-0.1, -0.05) is 32.9 Å². The van der Waals surface area contributed by atoms with Crippen molar-refractivity contribution in [2.45, 2.75) is 53.9 Å². The third-order valence-electron chi connectivity index (χ3n) is 3.72. The van der Waals surface area contributed by atoms with E-state index in [1.807, 2.05) is 0 Å². The van der Waals surface area contributed by atoms with E-state index in [4.69, 9.17) is 0 Å². The van der Waals surface area contributed by atoms with E-state index in [0.29, 0.717) is 5.92 Å². The monoisotopic (exact) mass is 247 g/mol. The lowest BCUT2D eigenvalue weighted by Gasteiger charge is -2.17. The number of aryl methyl sites for hydroxylation is 3. The molecule has 0 radical (unpaired) electrons. The van der Waals surface area contributed by atoms with Gasteiger partial charge in [-0.2, -0.15) is 0 Å². The second kappa shape index (κ2) is 6.94. The smallest absolute Gasteiger partial charge is 0.00258 e. The molecule has 0 aliphatic rings. The molecule has 1 rings (SSSR count). The van der Waals surface area contributed by atoms with Gasteiger partial charge in [0.2, 0.25) is 0 Å². The highest BCUT2D eigenvalue weighted by Crippen LogP contribution is 2.25. The molecule has 0 heterocycles. The first-order valence-electron chi connectivity index (χ1n) is 7.20. The van der Waals surface area contributed by atoms with Crippen LogP contribution in [0.5, 0.6) is 0 Å². The molecule has 0 fully saturated rings. The van der Waals surface area contributed by atoms with Crippen LogP contribution < -0.4 is 5.32 Å². The first kappa shape index (κ1) is 15.2. The summed E-state index contributed by atoms with van der Waals surface area (Å²) in [5.74, 6) is 1.38. The van der Waals surface area contributed by atoms with Crippen molar-refractivity contribution in [3.63, 3.8) is 0 Å². The predicted octanol–water partition coefficient (Wildman–Crippen LogP) is 4.35. The lowest BCUT2D eigenvalue weighted by Crippen LogP contribution is -2.22. The fourth-order valence-electron chi connectivity index (χ4n) is 2.38. The quantitative estimate of drug-likeness (QED) is 0.737. The molecular formula is C17H29N. The Morgan fingerprint density at radius 2 is 1.56 bits per heavy atom. The van der Waals surface area contributed by atoms with E-state index in [-0.39, 0.29) is 0 Å². The minimum absolute atomic E-state index is 0.643. The van der Waals surface area contributed by atoms with Gasteiger partial charge in [0, 0.05) is 0 Å². The van der Waals surface area contributed by atoms with E-state index in [1.165, 1.54) is 28.7 Å². The van der Waals surface area contributed by atoms with Crippen molar-refractivity contribution >= 4 is 0 Å². The topological polar surface area (TPSA) is 12.0 Å². The van der Waals surface area contributed by atoms with Gasteiger partial charge in [-0.05, 0) is 74.4 Å². The second-order valence-electron chi connectivity index (χ2n) is 6.08. The summed E-state index contributed by atoms with van der Waals surface area (Å²) in [6.07, 6.45) is 1.22. The minimum Gasteiger partial charge on any atom is -0.316 e. The molecule has 102 valence electrons. The molecule has 0 saturated carbocycles. The van der Waals surface area contributed by atoms with Crippen LogP contribution in [0.4, 0.5) is 0 Å². The highest BCUT2D eigenvalue weighted by molar-refractivity contribution is 5.38. The Morgan fingerprint density at radius 1 is 0.944 bits per heavy atom. The van der Waals surface area contributed by atoms with Crippen molar-refractivity contribution in [3.05, 3.63) is 34.4 Å². The standard InChI is InChI=1S/C17H29N/c1-12(2)11-18-8-7-13(3)17-10-15(5)14(4)9-16(17)6/h9-10,12-13,18H,7-8,11H2,1-6H3. The van der Waals surface area contributed by atoms with E-state index in [9.17, 15) is 0 Å². The lowest BCUT2D eigenvalue weighted by molar-refractivity contribution is 0.524. The highest BCUT2D eigenvalue weighted by Gasteiger charge is 2.09. The fraction of sp³-hybridized carbons (Fsp3) is 0.647. The molecule has 18 heavy (non-hydrogen) atoms. The first-order valence-corrected chi connectivity index (χ1v) is 7.20. The van der Waals surface area contributed by atoms with E-state index in [0.717, 1.165) is 19.0 Å². The Balaban J connectivity index is 2.56. The summed E-state index contributed by atoms with van der Waals surface area (Å²) in [6.45, 7) is 15.7. The maximum absolute atomic E-state index is 3.53. The molecule has 1 aromatic rings. The Morgan fingerprint density at radius 3 is 2.17 bits per heavy atom. The van der Waals surface area contributed by atoms with Gasteiger partial charge in [0.25, 0.3) is 0 Å². The van der Waals surface area contributed by atoms with Crippen LogP contribution in [0.3, 0.4) is 0 Å². The van der Waals surface area contributed by atoms with Crippen molar-refractivity contribution in [3.8, 4) is 0 Å². The molecule has 1 nitrogen and oxygen atoms in total. The van der Waals surface area contributed by atoms with E-state index in [1.54, 1.807) is 0 Å². The largest absolute Gasteiger partial charge is 0.316 e. The van der Waals surface area contributed by atoms with Gasteiger partial charge in [-0.3, -0.25) is 0 Å². The third-order valence-corrected chi connectivity index (χ3v) is 3.72. The molecule has 0 aliphatic heterocycles. The van der Waals surface area contributed by atoms with Crippen LogP contribution in [0.2, 0.25) is 0 Å². The zero-order valence-corrected chi connectivity index (χ0v) is 12.9. The molecule has 0 aromatic heterocycles. The van der Waals surface area contributed by atoms with Crippen molar-refractivity contribution in [1.82, 2.24) is 5.32 Å². The van der Waals surface area contributed by atoms with Gasteiger partial charge in [0.1, 0.15) is 0 Å². The maximum atomic E-state index is 3.53. The summed E-state index contributed by atoms with van der Waals surface area (Å²) in [4.78, 5) is 0. The normalized spacial score (nSPS) is 13.1. The summed E-state index contributed by atoms with van der Waals surface area (Å²) in [6, 6.07) is 4.69. The third kappa shape index (κ3) is 4.45. The van der Waals surface area contributed by atoms with E-state index >= 15 is 0 Å². The number of hydrogen-bond acceptors (Lipinski definition) is 1. The Hall–Kier alpha value is -0.820. The fourth-order valence-corrected chi connectivity index (χ4v) is 2.38. The molecule has 0 aliphatic carbocycles. The number of hydrogen-bond donors (Lipinski definition) is 1. The van der Waals surface area contributed by atoms with Crippen molar-refractivity contribution < 1.29 is 0 Å². The Labute approximate surface area is 113 Å². The van der Waals surface area contributed by atoms with Gasteiger partial charge in [-0.25, -0.2) is 0 Å². The van der Waals surface area contributed by atoms with Crippen LogP contribution in [-0.4, -0.2) is 13.1 Å². The molecule has 0 amide bonds. The predicted molar refractivity (Wildman–Crippen MR) is 81.4 cm³/mol. The highest BCUT2D eigenvalue weighted by atomic mass is 14.8. The van der Waals surface area contributed by atoms with Crippen LogP contribution in [-0.2, 0) is 0 Å². The van der Waals surface area contributed by atoms with Crippen LogP contribution in [0.25, 0.3) is 0 Å². The van der Waals surface area contributed by atoms with Crippen molar-refractivity contribution in [2.75, 3.05) is 13.1 Å². The average Bonchev–Trinajstić information content (AvgIpc) is 2.28. The zero-order valence-electron chi connectivity index (χ0n) is 12.9. The second-order valence-corrected chi connectivity index (χ2v) is 6.08. The SMILES string of the molecule is Cc1cc(C)c(C(C)CCNCC(C)C)cc1C. The number of benzene rings is 1. The van der Waals surface area contributed by atoms with Crippen LogP contribution >= 0.6 is 0 Å². The maximum Gasteiger partial charge on any atom is -0.00258 e. The molecule has 1 aromatic carbocycles. The Kier molecular flexibility index (Phi) is 5.87. The summed E-state index contributed by atoms with van der Waals surface area (Å²) in [7, 11) is 0. The molecular weight excluding hydrogens is 218 g/mol. The molecule has 0 saturated heterocycles. The van der Waals surface area contributed by atoms with E-state index in [2.05, 4.69) is 59.0 Å². The zero-order chi connectivity index (χ0) is 13.7. The molecule has 0 bridgehead atoms. The summed E-state index contributed by atoms with van der Waals surface area (Å²) >= 11 is 0. The molecule has 1 unspecified atom stereocenters. The average molecular weight is 247 g/mol. The van der Waals surface area contributed by atoms with Gasteiger partial charge in [0.15, 0.2) is 0 Å². The summed E-state index contributed by atoms with van der Waals surface area (Å²) < 4.78 is 0. The van der Waals surface area contributed by atoms with Gasteiger partial charge in [0.05, 0.1) is 0 Å². The molecule has 1 N–H and O–H groups in total. The molecule has 0 spiro atoms. The summed E-state index contributed by atoms with van der Waals surface area (Å²) in [5, 5.41) is 3.53. The van der Waals surface area contributed by atoms with E-state index < -0.39 is 0 Å². The minimum atomic E-state index is 0.643. The number of rotatable bonds is 6. The number of nitrogens with one attached hydrogen (secondary N) is 1. The van der Waals surface area contributed by atoms with Crippen molar-refractivity contribution in [2.24, 2.45) is 5.92 Å². The molecule has 1 heteroatoms. The molecule has 1 atom stereocenters. The van der Waals surface area contributed by atoms with Crippen LogP contribution in [0, 0.1) is 26.7 Å².